The van der Waals surface area contributed by atoms with Crippen LogP contribution in [0.3, 0.4) is 0 Å². The molecule has 26 heavy (non-hydrogen) atoms. The van der Waals surface area contributed by atoms with Gasteiger partial charge in [0, 0.05) is 23.4 Å². The Morgan fingerprint density at radius 3 is 2.31 bits per heavy atom. The highest BCUT2D eigenvalue weighted by Gasteiger charge is 2.10. The molecule has 6 heteroatoms. The second-order valence-corrected chi connectivity index (χ2v) is 6.91. The third kappa shape index (κ3) is 6.29. The number of carbonyl (C=O) groups excluding carboxylic acids is 2. The molecule has 0 heterocycles. The van der Waals surface area contributed by atoms with Crippen LogP contribution in [0.4, 0.5) is 11.4 Å². The van der Waals surface area contributed by atoms with Crippen molar-refractivity contribution in [1.29, 1.82) is 0 Å². The normalized spacial score (nSPS) is 10.3. The zero-order valence-electron chi connectivity index (χ0n) is 15.1. The number of amides is 2. The van der Waals surface area contributed by atoms with Crippen LogP contribution < -0.4 is 16.0 Å². The summed E-state index contributed by atoms with van der Waals surface area (Å²) in [5.74, 6) is -0.0914. The lowest BCUT2D eigenvalue weighted by atomic mass is 10.1. The van der Waals surface area contributed by atoms with E-state index in [1.807, 2.05) is 45.0 Å². The molecule has 0 aromatic heterocycles. The van der Waals surface area contributed by atoms with Crippen molar-refractivity contribution in [3.63, 3.8) is 0 Å². The van der Waals surface area contributed by atoms with Gasteiger partial charge in [0.15, 0.2) is 5.11 Å². The van der Waals surface area contributed by atoms with E-state index in [2.05, 4.69) is 16.0 Å². The highest BCUT2D eigenvalue weighted by atomic mass is 32.1. The van der Waals surface area contributed by atoms with Crippen molar-refractivity contribution in [3.8, 4) is 0 Å². The summed E-state index contributed by atoms with van der Waals surface area (Å²) in [6.07, 6.45) is 0.404. The summed E-state index contributed by atoms with van der Waals surface area (Å²) in [4.78, 5) is 24.2. The van der Waals surface area contributed by atoms with Crippen molar-refractivity contribution in [2.45, 2.75) is 27.2 Å². The third-order valence-corrected chi connectivity index (χ3v) is 3.71. The van der Waals surface area contributed by atoms with E-state index in [0.29, 0.717) is 17.7 Å². The number of benzene rings is 2. The molecular weight excluding hydrogens is 346 g/mol. The fourth-order valence-electron chi connectivity index (χ4n) is 2.38. The molecule has 2 amide bonds. The maximum atomic E-state index is 12.4. The van der Waals surface area contributed by atoms with E-state index >= 15 is 0 Å². The number of thiocarbonyl (C=S) groups is 1. The van der Waals surface area contributed by atoms with Gasteiger partial charge in [0.2, 0.25) is 5.91 Å². The highest BCUT2D eigenvalue weighted by Crippen LogP contribution is 2.15. The number of nitrogens with one attached hydrogen (secondary N) is 3. The smallest absolute Gasteiger partial charge is 0.255 e. The Morgan fingerprint density at radius 1 is 1.00 bits per heavy atom. The zero-order valence-corrected chi connectivity index (χ0v) is 15.9. The van der Waals surface area contributed by atoms with Crippen LogP contribution in [-0.2, 0) is 4.79 Å². The Kier molecular flexibility index (Phi) is 6.86. The van der Waals surface area contributed by atoms with E-state index in [4.69, 9.17) is 12.2 Å². The summed E-state index contributed by atoms with van der Waals surface area (Å²) in [5.41, 5.74) is 2.94. The van der Waals surface area contributed by atoms with Crippen LogP contribution in [0.15, 0.2) is 48.5 Å². The van der Waals surface area contributed by atoms with Crippen molar-refractivity contribution in [2.24, 2.45) is 5.92 Å². The van der Waals surface area contributed by atoms with Crippen molar-refractivity contribution >= 4 is 40.5 Å². The Bertz CT molecular complexity index is 818. The van der Waals surface area contributed by atoms with Crippen LogP contribution in [0.1, 0.15) is 36.2 Å². The van der Waals surface area contributed by atoms with E-state index in [9.17, 15) is 9.59 Å². The maximum Gasteiger partial charge on any atom is 0.255 e. The van der Waals surface area contributed by atoms with Gasteiger partial charge in [-0.3, -0.25) is 9.59 Å². The molecule has 0 spiro atoms. The summed E-state index contributed by atoms with van der Waals surface area (Å²) in [6.45, 7) is 5.90. The van der Waals surface area contributed by atoms with Crippen molar-refractivity contribution in [3.05, 3.63) is 59.7 Å². The minimum atomic E-state index is -0.214. The summed E-state index contributed by atoms with van der Waals surface area (Å²) < 4.78 is 0. The Hall–Kier alpha value is -2.73. The Balaban J connectivity index is 1.99. The molecule has 0 aliphatic rings. The van der Waals surface area contributed by atoms with Gasteiger partial charge in [-0.2, -0.15) is 0 Å². The Labute approximate surface area is 159 Å². The first kappa shape index (κ1) is 19.6. The second kappa shape index (κ2) is 9.10. The molecule has 2 aromatic rings. The molecule has 0 bridgehead atoms. The molecule has 2 rings (SSSR count). The van der Waals surface area contributed by atoms with Gasteiger partial charge < -0.3 is 16.0 Å². The number of hydrogen-bond acceptors (Lipinski definition) is 3. The monoisotopic (exact) mass is 369 g/mol. The summed E-state index contributed by atoms with van der Waals surface area (Å²) >= 11 is 5.15. The van der Waals surface area contributed by atoms with E-state index in [1.54, 1.807) is 24.3 Å². The minimum absolute atomic E-state index is 0.133. The molecule has 2 aromatic carbocycles. The first-order valence-electron chi connectivity index (χ1n) is 8.42. The molecule has 0 unspecified atom stereocenters. The van der Waals surface area contributed by atoms with E-state index in [1.165, 1.54) is 0 Å². The predicted molar refractivity (Wildman–Crippen MR) is 109 cm³/mol. The van der Waals surface area contributed by atoms with Crippen LogP contribution in [0.25, 0.3) is 0 Å². The molecule has 0 saturated heterocycles. The Morgan fingerprint density at radius 2 is 1.65 bits per heavy atom. The van der Waals surface area contributed by atoms with Gasteiger partial charge in [-0.25, -0.2) is 0 Å². The molecule has 0 atom stereocenters. The molecule has 3 N–H and O–H groups in total. The fourth-order valence-corrected chi connectivity index (χ4v) is 2.61. The van der Waals surface area contributed by atoms with Crippen LogP contribution in [0, 0.1) is 12.8 Å². The number of carbonyl (C=O) groups is 2. The molecule has 0 aliphatic heterocycles. The van der Waals surface area contributed by atoms with E-state index in [0.717, 1.165) is 11.3 Å². The molecular formula is C20H23N3O2S. The average Bonchev–Trinajstić information content (AvgIpc) is 2.54. The first-order chi connectivity index (χ1) is 12.3. The minimum Gasteiger partial charge on any atom is -0.332 e. The highest BCUT2D eigenvalue weighted by molar-refractivity contribution is 7.80. The number of anilines is 2. The first-order valence-corrected chi connectivity index (χ1v) is 8.83. The molecule has 0 saturated carbocycles. The van der Waals surface area contributed by atoms with Crippen LogP contribution >= 0.6 is 12.2 Å². The van der Waals surface area contributed by atoms with Crippen molar-refractivity contribution < 1.29 is 9.59 Å². The van der Waals surface area contributed by atoms with Gasteiger partial charge in [0.1, 0.15) is 0 Å². The van der Waals surface area contributed by atoms with Crippen LogP contribution in [0.2, 0.25) is 0 Å². The molecule has 0 radical (unpaired) electrons. The largest absolute Gasteiger partial charge is 0.332 e. The van der Waals surface area contributed by atoms with Gasteiger partial charge in [0.05, 0.1) is 0 Å². The van der Waals surface area contributed by atoms with Gasteiger partial charge >= 0.3 is 0 Å². The predicted octanol–water partition coefficient (Wildman–Crippen LogP) is 4.11. The van der Waals surface area contributed by atoms with Crippen molar-refractivity contribution in [1.82, 2.24) is 5.32 Å². The SMILES string of the molecule is Cc1cccc(NC(=O)c2cccc(NC(=S)NC(=O)CC(C)C)c2)c1. The van der Waals surface area contributed by atoms with Crippen LogP contribution in [-0.4, -0.2) is 16.9 Å². The molecule has 0 fully saturated rings. The van der Waals surface area contributed by atoms with Crippen LogP contribution in [0.5, 0.6) is 0 Å². The zero-order chi connectivity index (χ0) is 19.1. The van der Waals surface area contributed by atoms with E-state index in [-0.39, 0.29) is 22.8 Å². The summed E-state index contributed by atoms with van der Waals surface area (Å²) in [6, 6.07) is 14.5. The summed E-state index contributed by atoms with van der Waals surface area (Å²) in [7, 11) is 0. The standard InChI is InChI=1S/C20H23N3O2S/c1-13(2)10-18(24)23-20(26)22-17-9-5-7-15(12-17)19(25)21-16-8-4-6-14(3)11-16/h4-9,11-13H,10H2,1-3H3,(H,21,25)(H2,22,23,24,26). The van der Waals surface area contributed by atoms with Crippen molar-refractivity contribution in [2.75, 3.05) is 10.6 Å². The third-order valence-electron chi connectivity index (χ3n) is 3.51. The second-order valence-electron chi connectivity index (χ2n) is 6.50. The lowest BCUT2D eigenvalue weighted by Crippen LogP contribution is -2.34. The van der Waals surface area contributed by atoms with E-state index < -0.39 is 0 Å². The average molecular weight is 369 g/mol. The molecule has 0 aliphatic carbocycles. The number of rotatable bonds is 5. The fraction of sp³-hybridized carbons (Fsp3) is 0.250. The van der Waals surface area contributed by atoms with Gasteiger partial charge in [0.25, 0.3) is 5.91 Å². The molecule has 5 nitrogen and oxygen atoms in total. The summed E-state index contributed by atoms with van der Waals surface area (Å²) in [5, 5.41) is 8.65. The topological polar surface area (TPSA) is 70.2 Å². The lowest BCUT2D eigenvalue weighted by molar-refractivity contribution is -0.120. The van der Waals surface area contributed by atoms with Gasteiger partial charge in [-0.05, 0) is 61.0 Å². The van der Waals surface area contributed by atoms with Gasteiger partial charge in [-0.15, -0.1) is 0 Å². The van der Waals surface area contributed by atoms with Gasteiger partial charge in [-0.1, -0.05) is 32.0 Å². The number of aryl methyl sites for hydroxylation is 1. The quantitative estimate of drug-likeness (QED) is 0.694. The molecule has 136 valence electrons. The number of hydrogen-bond donors (Lipinski definition) is 3. The lowest BCUT2D eigenvalue weighted by Gasteiger charge is -2.12. The maximum absolute atomic E-state index is 12.4.